The Morgan fingerprint density at radius 3 is 2.57 bits per heavy atom. The first-order valence-electron chi connectivity index (χ1n) is 7.92. The predicted octanol–water partition coefficient (Wildman–Crippen LogP) is 1.62. The van der Waals surface area contributed by atoms with Crippen molar-refractivity contribution in [3.05, 3.63) is 34.4 Å². The van der Waals surface area contributed by atoms with E-state index in [0.29, 0.717) is 18.0 Å². The molecular weight excluding hydrogens is 296 g/mol. The third kappa shape index (κ3) is 3.18. The highest BCUT2D eigenvalue weighted by molar-refractivity contribution is 5.99. The fourth-order valence-electron chi connectivity index (χ4n) is 2.48. The normalized spacial score (nSPS) is 17.9. The van der Waals surface area contributed by atoms with Crippen LogP contribution in [0, 0.1) is 0 Å². The van der Waals surface area contributed by atoms with Gasteiger partial charge in [0.05, 0.1) is 0 Å². The molecule has 1 N–H and O–H groups in total. The van der Waals surface area contributed by atoms with Gasteiger partial charge in [-0.2, -0.15) is 4.68 Å². The first-order chi connectivity index (χ1) is 11.0. The van der Waals surface area contributed by atoms with Crippen LogP contribution in [0.4, 0.5) is 0 Å². The Bertz CT molecular complexity index is 788. The smallest absolute Gasteiger partial charge is 0.295 e. The highest BCUT2D eigenvalue weighted by Crippen LogP contribution is 2.18. The van der Waals surface area contributed by atoms with Crippen LogP contribution in [0.15, 0.2) is 23.1 Å². The number of nitrogens with zero attached hydrogens (tertiary/aromatic N) is 3. The summed E-state index contributed by atoms with van der Waals surface area (Å²) in [6, 6.07) is 2.99. The Morgan fingerprint density at radius 2 is 1.96 bits per heavy atom. The molecule has 1 unspecified atom stereocenters. The number of aromatic nitrogens is 3. The Labute approximate surface area is 134 Å². The first-order valence-corrected chi connectivity index (χ1v) is 7.92. The van der Waals surface area contributed by atoms with Crippen LogP contribution >= 0.6 is 0 Å². The number of fused-ring (bicyclic) bond motifs is 1. The molecule has 7 nitrogen and oxygen atoms in total. The van der Waals surface area contributed by atoms with Crippen molar-refractivity contribution in [1.82, 2.24) is 19.5 Å². The molecule has 2 aromatic heterocycles. The van der Waals surface area contributed by atoms with E-state index in [1.165, 1.54) is 9.08 Å². The number of rotatable bonds is 2. The number of carbonyl (C=O) groups excluding carboxylic acids is 2. The van der Waals surface area contributed by atoms with Crippen molar-refractivity contribution in [2.45, 2.75) is 52.5 Å². The lowest BCUT2D eigenvalue weighted by atomic mass is 10.1. The van der Waals surface area contributed by atoms with E-state index in [9.17, 15) is 14.4 Å². The average Bonchev–Trinajstić information content (AvgIpc) is 2.85. The monoisotopic (exact) mass is 318 g/mol. The topological polar surface area (TPSA) is 85.5 Å². The van der Waals surface area contributed by atoms with Gasteiger partial charge in [0.1, 0.15) is 6.04 Å². The molecular formula is C16H22N4O3. The minimum absolute atomic E-state index is 0.216. The van der Waals surface area contributed by atoms with E-state index >= 15 is 0 Å². The lowest BCUT2D eigenvalue weighted by molar-refractivity contribution is -0.136. The van der Waals surface area contributed by atoms with Crippen molar-refractivity contribution in [3.8, 4) is 0 Å². The minimum Gasteiger partial charge on any atom is -0.295 e. The fraction of sp³-hybridized carbons (Fsp3) is 0.500. The zero-order chi connectivity index (χ0) is 17.1. The van der Waals surface area contributed by atoms with Crippen LogP contribution in [0.1, 0.15) is 58.1 Å². The maximum atomic E-state index is 12.3. The lowest BCUT2D eigenvalue weighted by Crippen LogP contribution is -2.44. The highest BCUT2D eigenvalue weighted by atomic mass is 16.2. The van der Waals surface area contributed by atoms with E-state index in [-0.39, 0.29) is 18.0 Å². The summed E-state index contributed by atoms with van der Waals surface area (Å²) in [5.41, 5.74) is 1.22. The minimum atomic E-state index is -0.724. The van der Waals surface area contributed by atoms with Crippen LogP contribution in [0.5, 0.6) is 0 Å². The largest absolute Gasteiger partial charge is 0.351 e. The van der Waals surface area contributed by atoms with E-state index in [0.717, 1.165) is 5.56 Å². The van der Waals surface area contributed by atoms with Gasteiger partial charge in [-0.15, -0.1) is 5.10 Å². The standard InChI is InChI=1S/C14H16N4O3.C2H6/c1-8(2)9-5-6-17-11(7-9)16-18(14(17)21)10-3-4-12(19)15-13(10)20;1-2/h5-8,10H,3-4H2,1-2H3,(H,15,19,20);1-2H3. The van der Waals surface area contributed by atoms with Gasteiger partial charge in [-0.25, -0.2) is 4.79 Å². The van der Waals surface area contributed by atoms with Crippen molar-refractivity contribution in [2.24, 2.45) is 0 Å². The number of imide groups is 1. The van der Waals surface area contributed by atoms with E-state index in [2.05, 4.69) is 24.3 Å². The molecule has 3 rings (SSSR count). The van der Waals surface area contributed by atoms with Crippen LogP contribution in [0.25, 0.3) is 5.65 Å². The molecule has 7 heteroatoms. The summed E-state index contributed by atoms with van der Waals surface area (Å²) in [4.78, 5) is 35.4. The number of nitrogens with one attached hydrogen (secondary N) is 1. The van der Waals surface area contributed by atoms with Crippen molar-refractivity contribution in [2.75, 3.05) is 0 Å². The van der Waals surface area contributed by atoms with Gasteiger partial charge >= 0.3 is 5.69 Å². The summed E-state index contributed by atoms with van der Waals surface area (Å²) >= 11 is 0. The first kappa shape index (κ1) is 16.9. The molecule has 124 valence electrons. The molecule has 1 saturated heterocycles. The summed E-state index contributed by atoms with van der Waals surface area (Å²) in [5, 5.41) is 6.49. The number of carbonyl (C=O) groups is 2. The molecule has 1 aliphatic heterocycles. The highest BCUT2D eigenvalue weighted by Gasteiger charge is 2.30. The molecule has 0 radical (unpaired) electrons. The van der Waals surface area contributed by atoms with E-state index < -0.39 is 11.9 Å². The maximum absolute atomic E-state index is 12.3. The second-order valence-electron chi connectivity index (χ2n) is 5.54. The van der Waals surface area contributed by atoms with Gasteiger partial charge in [0, 0.05) is 12.6 Å². The second-order valence-corrected chi connectivity index (χ2v) is 5.54. The zero-order valence-electron chi connectivity index (χ0n) is 13.9. The fourth-order valence-corrected chi connectivity index (χ4v) is 2.48. The summed E-state index contributed by atoms with van der Waals surface area (Å²) in [6.07, 6.45) is 2.18. The van der Waals surface area contributed by atoms with Gasteiger partial charge in [-0.05, 0) is 30.0 Å². The molecule has 1 fully saturated rings. The van der Waals surface area contributed by atoms with Gasteiger partial charge in [-0.1, -0.05) is 27.7 Å². The number of hydrogen-bond acceptors (Lipinski definition) is 4. The van der Waals surface area contributed by atoms with Crippen LogP contribution in [0.3, 0.4) is 0 Å². The third-order valence-corrected chi connectivity index (χ3v) is 3.74. The van der Waals surface area contributed by atoms with Gasteiger partial charge in [0.2, 0.25) is 5.91 Å². The Balaban J connectivity index is 0.000000924. The van der Waals surface area contributed by atoms with E-state index in [4.69, 9.17) is 0 Å². The molecule has 3 heterocycles. The van der Waals surface area contributed by atoms with Crippen molar-refractivity contribution in [3.63, 3.8) is 0 Å². The Hall–Kier alpha value is -2.44. The number of pyridine rings is 1. The van der Waals surface area contributed by atoms with E-state index in [1.54, 1.807) is 6.20 Å². The number of hydrogen-bond donors (Lipinski definition) is 1. The Kier molecular flexibility index (Phi) is 4.98. The quantitative estimate of drug-likeness (QED) is 0.853. The molecule has 0 saturated carbocycles. The number of piperidine rings is 1. The molecule has 1 atom stereocenters. The van der Waals surface area contributed by atoms with Crippen molar-refractivity contribution >= 4 is 17.5 Å². The third-order valence-electron chi connectivity index (χ3n) is 3.74. The number of amides is 2. The molecule has 2 aromatic rings. The van der Waals surface area contributed by atoms with Crippen LogP contribution in [-0.2, 0) is 9.59 Å². The van der Waals surface area contributed by atoms with Gasteiger partial charge < -0.3 is 0 Å². The van der Waals surface area contributed by atoms with Crippen molar-refractivity contribution < 1.29 is 9.59 Å². The second kappa shape index (κ2) is 6.76. The molecule has 0 aliphatic carbocycles. The summed E-state index contributed by atoms with van der Waals surface area (Å²) in [6.45, 7) is 8.11. The molecule has 23 heavy (non-hydrogen) atoms. The summed E-state index contributed by atoms with van der Waals surface area (Å²) in [7, 11) is 0. The van der Waals surface area contributed by atoms with Gasteiger partial charge in [0.15, 0.2) is 5.65 Å². The Morgan fingerprint density at radius 1 is 1.26 bits per heavy atom. The molecule has 0 spiro atoms. The van der Waals surface area contributed by atoms with E-state index in [1.807, 2.05) is 26.0 Å². The predicted molar refractivity (Wildman–Crippen MR) is 86.3 cm³/mol. The molecule has 1 aliphatic rings. The van der Waals surface area contributed by atoms with Crippen LogP contribution in [0.2, 0.25) is 0 Å². The molecule has 0 bridgehead atoms. The molecule has 0 aromatic carbocycles. The summed E-state index contributed by atoms with van der Waals surface area (Å²) < 4.78 is 2.58. The summed E-state index contributed by atoms with van der Waals surface area (Å²) in [5.74, 6) is -0.457. The zero-order valence-corrected chi connectivity index (χ0v) is 13.9. The van der Waals surface area contributed by atoms with Crippen molar-refractivity contribution in [1.29, 1.82) is 0 Å². The maximum Gasteiger partial charge on any atom is 0.351 e. The van der Waals surface area contributed by atoms with Crippen LogP contribution < -0.4 is 11.0 Å². The average molecular weight is 318 g/mol. The SMILES string of the molecule is CC.CC(C)c1ccn2c(=O)n(C3CCC(=O)NC3=O)nc2c1. The van der Waals surface area contributed by atoms with Gasteiger partial charge in [0.25, 0.3) is 5.91 Å². The lowest BCUT2D eigenvalue weighted by Gasteiger charge is -2.19. The van der Waals surface area contributed by atoms with Gasteiger partial charge in [-0.3, -0.25) is 19.3 Å². The van der Waals surface area contributed by atoms with Crippen LogP contribution in [-0.4, -0.2) is 26.0 Å². The molecule has 2 amide bonds.